The molecule has 0 bridgehead atoms. The third-order valence-corrected chi connectivity index (χ3v) is 5.75. The van der Waals surface area contributed by atoms with Gasteiger partial charge in [-0.2, -0.15) is 0 Å². The van der Waals surface area contributed by atoms with Crippen molar-refractivity contribution in [2.24, 2.45) is 4.99 Å². The smallest absolute Gasteiger partial charge is 0.182 e. The summed E-state index contributed by atoms with van der Waals surface area (Å²) in [4.78, 5) is 4.70. The molecular weight excluding hydrogens is 308 g/mol. The number of hydrogen-bond acceptors (Lipinski definition) is 2. The van der Waals surface area contributed by atoms with Crippen molar-refractivity contribution in [1.82, 2.24) is 0 Å². The first-order valence-electron chi connectivity index (χ1n) is 10.9. The second kappa shape index (κ2) is 14.5. The number of nitrogens with zero attached hydrogens (tertiary/aromatic N) is 2. The van der Waals surface area contributed by atoms with Crippen LogP contribution in [0.5, 0.6) is 0 Å². The summed E-state index contributed by atoms with van der Waals surface area (Å²) in [6, 6.07) is 0. The topological polar surface area (TPSA) is 32.6 Å². The van der Waals surface area contributed by atoms with Crippen LogP contribution in [0.3, 0.4) is 0 Å². The lowest BCUT2D eigenvalue weighted by atomic mass is 10.1. The van der Waals surface area contributed by atoms with E-state index in [1.54, 1.807) is 0 Å². The van der Waals surface area contributed by atoms with Crippen molar-refractivity contribution in [3.8, 4) is 0 Å². The summed E-state index contributed by atoms with van der Waals surface area (Å²) < 4.78 is 0.970. The first-order chi connectivity index (χ1) is 12.3. The normalized spacial score (nSPS) is 23.1. The van der Waals surface area contributed by atoms with Crippen LogP contribution < -0.4 is 0 Å². The van der Waals surface area contributed by atoms with Crippen molar-refractivity contribution in [3.05, 3.63) is 12.2 Å². The highest BCUT2D eigenvalue weighted by Crippen LogP contribution is 2.24. The van der Waals surface area contributed by atoms with Crippen molar-refractivity contribution in [2.45, 2.75) is 97.1 Å². The van der Waals surface area contributed by atoms with E-state index < -0.39 is 0 Å². The molecule has 1 rings (SSSR count). The monoisotopic (exact) mass is 351 g/mol. The minimum atomic E-state index is 0.276. The maximum absolute atomic E-state index is 9.35. The van der Waals surface area contributed by atoms with Crippen LogP contribution in [-0.2, 0) is 0 Å². The third kappa shape index (κ3) is 9.01. The summed E-state index contributed by atoms with van der Waals surface area (Å²) in [6.07, 6.45) is 23.1. The maximum Gasteiger partial charge on any atom is 0.182 e. The van der Waals surface area contributed by atoms with Gasteiger partial charge in [0.1, 0.15) is 13.1 Å². The number of aliphatic hydroxyl groups excluding tert-OH is 1. The van der Waals surface area contributed by atoms with Gasteiger partial charge in [0, 0.05) is 6.42 Å². The van der Waals surface area contributed by atoms with Gasteiger partial charge in [0.05, 0.1) is 19.4 Å². The highest BCUT2D eigenvalue weighted by molar-refractivity contribution is 5.60. The number of unbranched alkanes of at least 4 members (excludes halogenated alkanes) is 9. The van der Waals surface area contributed by atoms with Crippen molar-refractivity contribution >= 4 is 6.21 Å². The zero-order valence-corrected chi connectivity index (χ0v) is 17.0. The molecule has 2 unspecified atom stereocenters. The number of hydrogen-bond donors (Lipinski definition) is 1. The quantitative estimate of drug-likeness (QED) is 0.223. The molecule has 0 saturated heterocycles. The van der Waals surface area contributed by atoms with Crippen LogP contribution in [0.15, 0.2) is 17.1 Å². The molecule has 1 aliphatic heterocycles. The maximum atomic E-state index is 9.35. The fraction of sp³-hybridized carbons (Fsp3) is 0.864. The molecule has 0 aromatic carbocycles. The molecule has 3 heteroatoms. The van der Waals surface area contributed by atoms with Crippen molar-refractivity contribution in [2.75, 3.05) is 26.2 Å². The molecule has 0 amide bonds. The molecule has 1 N–H and O–H groups in total. The van der Waals surface area contributed by atoms with Gasteiger partial charge in [0.2, 0.25) is 0 Å². The predicted molar refractivity (Wildman–Crippen MR) is 110 cm³/mol. The van der Waals surface area contributed by atoms with Crippen molar-refractivity contribution in [3.63, 3.8) is 0 Å². The van der Waals surface area contributed by atoms with E-state index in [0.717, 1.165) is 24.1 Å². The highest BCUT2D eigenvalue weighted by atomic mass is 16.3. The van der Waals surface area contributed by atoms with Gasteiger partial charge in [-0.15, -0.1) is 0 Å². The van der Waals surface area contributed by atoms with Crippen LogP contribution >= 0.6 is 0 Å². The van der Waals surface area contributed by atoms with Crippen LogP contribution in [0.4, 0.5) is 0 Å². The van der Waals surface area contributed by atoms with E-state index in [2.05, 4.69) is 32.2 Å². The highest BCUT2D eigenvalue weighted by Gasteiger charge is 2.36. The van der Waals surface area contributed by atoms with E-state index in [4.69, 9.17) is 4.99 Å². The number of likely N-dealkylation sites (N-methyl/N-ethyl adjacent to an activating group) is 1. The second-order valence-electron chi connectivity index (χ2n) is 7.64. The molecule has 146 valence electrons. The summed E-state index contributed by atoms with van der Waals surface area (Å²) in [6.45, 7) is 7.71. The molecule has 3 nitrogen and oxygen atoms in total. The molecule has 0 aromatic rings. The molecule has 0 saturated carbocycles. The molecule has 0 fully saturated rings. The van der Waals surface area contributed by atoms with Gasteiger partial charge < -0.3 is 5.11 Å². The van der Waals surface area contributed by atoms with Gasteiger partial charge in [0.15, 0.2) is 6.17 Å². The number of rotatable bonds is 16. The summed E-state index contributed by atoms with van der Waals surface area (Å²) >= 11 is 0. The van der Waals surface area contributed by atoms with E-state index in [1.807, 2.05) is 0 Å². The van der Waals surface area contributed by atoms with Crippen LogP contribution in [0.1, 0.15) is 90.9 Å². The predicted octanol–water partition coefficient (Wildman–Crippen LogP) is 5.48. The lowest BCUT2D eigenvalue weighted by Crippen LogP contribution is -2.53. The molecule has 0 radical (unpaired) electrons. The summed E-state index contributed by atoms with van der Waals surface area (Å²) in [5.41, 5.74) is 0. The number of aliphatic imine (C=N–C) groups is 1. The average molecular weight is 352 g/mol. The Morgan fingerprint density at radius 3 is 2.20 bits per heavy atom. The van der Waals surface area contributed by atoms with Gasteiger partial charge in [0.25, 0.3) is 0 Å². The minimum Gasteiger partial charge on any atom is -0.391 e. The molecule has 25 heavy (non-hydrogen) atoms. The molecule has 0 aliphatic carbocycles. The molecule has 0 aromatic heterocycles. The SMILES string of the molecule is CCCCCCC/C=C/CCCCCCC1N=CC[N+]1(CC)CCO. The molecular formula is C22H43N2O+. The summed E-state index contributed by atoms with van der Waals surface area (Å²) in [5, 5.41) is 9.35. The zero-order valence-electron chi connectivity index (χ0n) is 17.0. The minimum absolute atomic E-state index is 0.276. The Hall–Kier alpha value is -0.670. The molecule has 0 spiro atoms. The largest absolute Gasteiger partial charge is 0.391 e. The molecule has 1 aliphatic rings. The van der Waals surface area contributed by atoms with Gasteiger partial charge in [-0.25, -0.2) is 4.99 Å². The van der Waals surface area contributed by atoms with E-state index in [0.29, 0.717) is 6.17 Å². The Kier molecular flexibility index (Phi) is 13.0. The third-order valence-electron chi connectivity index (χ3n) is 5.75. The second-order valence-corrected chi connectivity index (χ2v) is 7.64. The number of quaternary nitrogens is 1. The van der Waals surface area contributed by atoms with Gasteiger partial charge >= 0.3 is 0 Å². The summed E-state index contributed by atoms with van der Waals surface area (Å²) in [5.74, 6) is 0. The number of allylic oxidation sites excluding steroid dienone is 2. The van der Waals surface area contributed by atoms with Crippen molar-refractivity contribution < 1.29 is 9.59 Å². The Morgan fingerprint density at radius 1 is 0.960 bits per heavy atom. The van der Waals surface area contributed by atoms with E-state index in [1.165, 1.54) is 77.0 Å². The fourth-order valence-electron chi connectivity index (χ4n) is 3.92. The molecule has 2 atom stereocenters. The Labute approximate surface area is 156 Å². The Morgan fingerprint density at radius 2 is 1.60 bits per heavy atom. The first kappa shape index (κ1) is 22.4. The van der Waals surface area contributed by atoms with Gasteiger partial charge in [-0.1, -0.05) is 57.6 Å². The Bertz CT molecular complexity index is 367. The Balaban J connectivity index is 1.99. The van der Waals surface area contributed by atoms with Crippen LogP contribution in [0, 0.1) is 0 Å². The zero-order chi connectivity index (χ0) is 18.2. The number of aliphatic hydroxyl groups is 1. The molecule has 1 heterocycles. The van der Waals surface area contributed by atoms with Gasteiger partial charge in [-0.05, 0) is 39.0 Å². The van der Waals surface area contributed by atoms with E-state index >= 15 is 0 Å². The van der Waals surface area contributed by atoms with Crippen LogP contribution in [0.25, 0.3) is 0 Å². The van der Waals surface area contributed by atoms with E-state index in [-0.39, 0.29) is 6.61 Å². The lowest BCUT2D eigenvalue weighted by molar-refractivity contribution is -0.936. The van der Waals surface area contributed by atoms with Crippen LogP contribution in [0.2, 0.25) is 0 Å². The van der Waals surface area contributed by atoms with E-state index in [9.17, 15) is 5.11 Å². The van der Waals surface area contributed by atoms with Crippen molar-refractivity contribution in [1.29, 1.82) is 0 Å². The first-order valence-corrected chi connectivity index (χ1v) is 10.9. The average Bonchev–Trinajstić information content (AvgIpc) is 3.02. The lowest BCUT2D eigenvalue weighted by Gasteiger charge is -2.37. The van der Waals surface area contributed by atoms with Gasteiger partial charge in [-0.3, -0.25) is 4.48 Å². The summed E-state index contributed by atoms with van der Waals surface area (Å²) in [7, 11) is 0. The standard InChI is InChI=1S/C22H43N2O/c1-3-5-6-7-8-9-10-11-12-13-14-15-16-17-22-23-18-19-24(22,4-2)20-21-25/h10-11,18,22,25H,3-9,12-17,19-21H2,1-2H3/q+1/b11-10+. The fourth-order valence-corrected chi connectivity index (χ4v) is 3.92. The van der Waals surface area contributed by atoms with Crippen LogP contribution in [-0.4, -0.2) is 48.2 Å².